The molecule has 0 aliphatic rings. The van der Waals surface area contributed by atoms with Gasteiger partial charge in [-0.1, -0.05) is 13.0 Å². The van der Waals surface area contributed by atoms with Crippen molar-refractivity contribution in [3.63, 3.8) is 0 Å². The number of nitrogens with zero attached hydrogens (tertiary/aromatic N) is 2. The van der Waals surface area contributed by atoms with Gasteiger partial charge in [0.15, 0.2) is 0 Å². The second kappa shape index (κ2) is 5.60. The number of hydrogen-bond donors (Lipinski definition) is 1. The lowest BCUT2D eigenvalue weighted by Gasteiger charge is -2.03. The number of nitrogens with one attached hydrogen (secondary N) is 1. The Hall–Kier alpha value is -1.09. The van der Waals surface area contributed by atoms with Crippen LogP contribution in [0.2, 0.25) is 0 Å². The fraction of sp³-hybridized carbons (Fsp3) is 0.545. The summed E-state index contributed by atoms with van der Waals surface area (Å²) >= 11 is 0. The lowest BCUT2D eigenvalue weighted by molar-refractivity contribution is 0.659. The largest absolute Gasteiger partial charge is 0.313 e. The first-order valence-corrected chi connectivity index (χ1v) is 5.12. The van der Waals surface area contributed by atoms with Crippen molar-refractivity contribution < 1.29 is 0 Å². The molecular formula is C11H19N3. The van der Waals surface area contributed by atoms with E-state index in [4.69, 9.17) is 0 Å². The van der Waals surface area contributed by atoms with E-state index in [0.29, 0.717) is 0 Å². The van der Waals surface area contributed by atoms with Crippen LogP contribution in [-0.2, 0) is 13.1 Å². The molecule has 0 atom stereocenters. The maximum atomic E-state index is 4.29. The van der Waals surface area contributed by atoms with Crippen LogP contribution in [0.3, 0.4) is 0 Å². The van der Waals surface area contributed by atoms with Crippen LogP contribution in [-0.4, -0.2) is 16.3 Å². The molecule has 1 heterocycles. The van der Waals surface area contributed by atoms with Crippen LogP contribution >= 0.6 is 0 Å². The highest BCUT2D eigenvalue weighted by atomic mass is 15.3. The van der Waals surface area contributed by atoms with Crippen LogP contribution in [0.25, 0.3) is 0 Å². The number of hydrogen-bond acceptors (Lipinski definition) is 2. The van der Waals surface area contributed by atoms with E-state index in [0.717, 1.165) is 19.6 Å². The van der Waals surface area contributed by atoms with Gasteiger partial charge in [0, 0.05) is 17.8 Å². The van der Waals surface area contributed by atoms with E-state index < -0.39 is 0 Å². The molecule has 0 radical (unpaired) electrons. The predicted molar refractivity (Wildman–Crippen MR) is 59.2 cm³/mol. The van der Waals surface area contributed by atoms with E-state index in [2.05, 4.69) is 30.8 Å². The van der Waals surface area contributed by atoms with Crippen molar-refractivity contribution >= 4 is 0 Å². The first-order chi connectivity index (χ1) is 6.79. The van der Waals surface area contributed by atoms with Crippen molar-refractivity contribution in [2.24, 2.45) is 0 Å². The van der Waals surface area contributed by atoms with Gasteiger partial charge in [0.1, 0.15) is 0 Å². The van der Waals surface area contributed by atoms with E-state index in [1.807, 2.05) is 17.0 Å². The average molecular weight is 193 g/mol. The Bertz CT molecular complexity index is 289. The summed E-state index contributed by atoms with van der Waals surface area (Å²) < 4.78 is 1.97. The van der Waals surface area contributed by atoms with Crippen molar-refractivity contribution in [2.75, 3.05) is 6.54 Å². The predicted octanol–water partition coefficient (Wildman–Crippen LogP) is 1.88. The van der Waals surface area contributed by atoms with Gasteiger partial charge in [0.25, 0.3) is 0 Å². The summed E-state index contributed by atoms with van der Waals surface area (Å²) in [6.07, 6.45) is 4.96. The topological polar surface area (TPSA) is 29.9 Å². The third kappa shape index (κ3) is 2.70. The van der Waals surface area contributed by atoms with Crippen molar-refractivity contribution in [1.82, 2.24) is 15.1 Å². The Kier molecular flexibility index (Phi) is 4.40. The summed E-state index contributed by atoms with van der Waals surface area (Å²) in [5.41, 5.74) is 2.51. The molecule has 0 fully saturated rings. The highest BCUT2D eigenvalue weighted by Crippen LogP contribution is 2.06. The molecule has 1 aromatic heterocycles. The number of allylic oxidation sites excluding steroid dienone is 1. The summed E-state index contributed by atoms with van der Waals surface area (Å²) in [6.45, 7) is 10.7. The van der Waals surface area contributed by atoms with Gasteiger partial charge in [-0.15, -0.1) is 6.58 Å². The molecule has 1 rings (SSSR count). The molecule has 0 aliphatic carbocycles. The zero-order valence-electron chi connectivity index (χ0n) is 9.08. The molecule has 1 N–H and O–H groups in total. The first-order valence-electron chi connectivity index (χ1n) is 5.12. The Labute approximate surface area is 85.8 Å². The maximum absolute atomic E-state index is 4.29. The van der Waals surface area contributed by atoms with Gasteiger partial charge in [-0.2, -0.15) is 5.10 Å². The molecule has 14 heavy (non-hydrogen) atoms. The Morgan fingerprint density at radius 1 is 1.64 bits per heavy atom. The molecular weight excluding hydrogens is 174 g/mol. The third-order valence-corrected chi connectivity index (χ3v) is 2.25. The molecule has 78 valence electrons. The second-order valence-corrected chi connectivity index (χ2v) is 3.40. The summed E-state index contributed by atoms with van der Waals surface area (Å²) in [5, 5.41) is 7.66. The summed E-state index contributed by atoms with van der Waals surface area (Å²) in [7, 11) is 0. The fourth-order valence-corrected chi connectivity index (χ4v) is 1.36. The molecule has 0 aromatic carbocycles. The molecule has 1 aromatic rings. The van der Waals surface area contributed by atoms with Crippen LogP contribution in [0.5, 0.6) is 0 Å². The quantitative estimate of drug-likeness (QED) is 0.552. The van der Waals surface area contributed by atoms with Crippen LogP contribution in [0.15, 0.2) is 18.9 Å². The smallest absolute Gasteiger partial charge is 0.0590 e. The molecule has 0 unspecified atom stereocenters. The molecule has 0 bridgehead atoms. The monoisotopic (exact) mass is 193 g/mol. The molecule has 3 nitrogen and oxygen atoms in total. The normalized spacial score (nSPS) is 10.4. The molecule has 0 amide bonds. The highest BCUT2D eigenvalue weighted by Gasteiger charge is 2.03. The van der Waals surface area contributed by atoms with Crippen molar-refractivity contribution in [3.05, 3.63) is 30.1 Å². The van der Waals surface area contributed by atoms with Gasteiger partial charge in [0.05, 0.1) is 12.7 Å². The molecule has 0 saturated carbocycles. The first kappa shape index (κ1) is 11.0. The van der Waals surface area contributed by atoms with Gasteiger partial charge in [-0.25, -0.2) is 0 Å². The number of rotatable bonds is 6. The van der Waals surface area contributed by atoms with Crippen molar-refractivity contribution in [1.29, 1.82) is 0 Å². The van der Waals surface area contributed by atoms with E-state index in [-0.39, 0.29) is 0 Å². The van der Waals surface area contributed by atoms with Gasteiger partial charge >= 0.3 is 0 Å². The second-order valence-electron chi connectivity index (χ2n) is 3.40. The van der Waals surface area contributed by atoms with Crippen molar-refractivity contribution in [3.8, 4) is 0 Å². The summed E-state index contributed by atoms with van der Waals surface area (Å²) in [4.78, 5) is 0. The zero-order chi connectivity index (χ0) is 10.4. The zero-order valence-corrected chi connectivity index (χ0v) is 9.08. The lowest BCUT2D eigenvalue weighted by Crippen LogP contribution is -2.14. The lowest BCUT2D eigenvalue weighted by atomic mass is 10.2. The highest BCUT2D eigenvalue weighted by molar-refractivity contribution is 5.16. The summed E-state index contributed by atoms with van der Waals surface area (Å²) in [5.74, 6) is 0. The Morgan fingerprint density at radius 3 is 3.07 bits per heavy atom. The van der Waals surface area contributed by atoms with Gasteiger partial charge in [0.2, 0.25) is 0 Å². The standard InChI is InChI=1S/C11H19N3/c1-4-6-12-8-11-9-13-14(7-5-2)10(11)3/h5,9,12H,2,4,6-8H2,1,3H3. The van der Waals surface area contributed by atoms with Gasteiger partial charge in [-0.05, 0) is 19.9 Å². The average Bonchev–Trinajstić information content (AvgIpc) is 2.51. The van der Waals surface area contributed by atoms with E-state index in [1.165, 1.54) is 17.7 Å². The minimum Gasteiger partial charge on any atom is -0.313 e. The SMILES string of the molecule is C=CCn1ncc(CNCCC)c1C. The van der Waals surface area contributed by atoms with E-state index in [1.54, 1.807) is 0 Å². The maximum Gasteiger partial charge on any atom is 0.0590 e. The Morgan fingerprint density at radius 2 is 2.43 bits per heavy atom. The van der Waals surface area contributed by atoms with E-state index >= 15 is 0 Å². The fourth-order valence-electron chi connectivity index (χ4n) is 1.36. The van der Waals surface area contributed by atoms with Crippen LogP contribution in [0.4, 0.5) is 0 Å². The minimum absolute atomic E-state index is 0.791. The van der Waals surface area contributed by atoms with Gasteiger partial charge < -0.3 is 5.32 Å². The van der Waals surface area contributed by atoms with Crippen LogP contribution in [0, 0.1) is 6.92 Å². The van der Waals surface area contributed by atoms with Gasteiger partial charge in [-0.3, -0.25) is 4.68 Å². The Balaban J connectivity index is 2.55. The molecule has 0 aliphatic heterocycles. The minimum atomic E-state index is 0.791. The summed E-state index contributed by atoms with van der Waals surface area (Å²) in [6, 6.07) is 0. The molecule has 0 saturated heterocycles. The van der Waals surface area contributed by atoms with E-state index in [9.17, 15) is 0 Å². The van der Waals surface area contributed by atoms with Crippen LogP contribution < -0.4 is 5.32 Å². The molecule has 3 heteroatoms. The molecule has 0 spiro atoms. The van der Waals surface area contributed by atoms with Crippen molar-refractivity contribution in [2.45, 2.75) is 33.4 Å². The number of aromatic nitrogens is 2. The third-order valence-electron chi connectivity index (χ3n) is 2.25. The van der Waals surface area contributed by atoms with Crippen LogP contribution in [0.1, 0.15) is 24.6 Å².